The highest BCUT2D eigenvalue weighted by Gasteiger charge is 2.13. The van der Waals surface area contributed by atoms with Crippen molar-refractivity contribution in [1.29, 1.82) is 0 Å². The summed E-state index contributed by atoms with van der Waals surface area (Å²) >= 11 is 0. The highest BCUT2D eigenvalue weighted by atomic mass is 19.1. The van der Waals surface area contributed by atoms with Gasteiger partial charge in [0.15, 0.2) is 11.6 Å². The van der Waals surface area contributed by atoms with Crippen LogP contribution in [0.25, 0.3) is 0 Å². The molecule has 1 aromatic rings. The third-order valence-electron chi connectivity index (χ3n) is 3.23. The second kappa shape index (κ2) is 7.89. The van der Waals surface area contributed by atoms with Gasteiger partial charge in [0.2, 0.25) is 0 Å². The molecule has 0 aliphatic carbocycles. The van der Waals surface area contributed by atoms with Crippen LogP contribution >= 0.6 is 0 Å². The van der Waals surface area contributed by atoms with E-state index in [-0.39, 0.29) is 18.0 Å². The van der Waals surface area contributed by atoms with Crippen molar-refractivity contribution in [3.05, 3.63) is 29.6 Å². The van der Waals surface area contributed by atoms with Crippen LogP contribution < -0.4 is 10.5 Å². The Morgan fingerprint density at radius 2 is 2.16 bits per heavy atom. The fraction of sp³-hybridized carbons (Fsp3) is 0.533. The van der Waals surface area contributed by atoms with Gasteiger partial charge in [-0.1, -0.05) is 19.1 Å². The molecule has 1 rings (SSSR count). The van der Waals surface area contributed by atoms with Crippen LogP contribution in [0.1, 0.15) is 31.7 Å². The number of hydrogen-bond donors (Lipinski definition) is 1. The first-order chi connectivity index (χ1) is 9.08. The zero-order chi connectivity index (χ0) is 14.3. The van der Waals surface area contributed by atoms with Crippen molar-refractivity contribution in [2.24, 2.45) is 11.7 Å². The molecule has 0 fully saturated rings. The lowest BCUT2D eigenvalue weighted by Crippen LogP contribution is -2.10. The SMILES string of the molecule is COc1cccc(CC(=O)CCC(C)CCN)c1F. The molecule has 2 N–H and O–H groups in total. The van der Waals surface area contributed by atoms with E-state index in [0.29, 0.717) is 24.4 Å². The third-order valence-corrected chi connectivity index (χ3v) is 3.23. The molecule has 0 aliphatic rings. The molecular weight excluding hydrogens is 245 g/mol. The van der Waals surface area contributed by atoms with Gasteiger partial charge >= 0.3 is 0 Å². The van der Waals surface area contributed by atoms with Gasteiger partial charge in [-0.3, -0.25) is 4.79 Å². The van der Waals surface area contributed by atoms with Crippen molar-refractivity contribution in [1.82, 2.24) is 0 Å². The summed E-state index contributed by atoms with van der Waals surface area (Å²) in [5, 5.41) is 0. The molecule has 3 nitrogen and oxygen atoms in total. The van der Waals surface area contributed by atoms with Gasteiger partial charge < -0.3 is 10.5 Å². The van der Waals surface area contributed by atoms with Crippen molar-refractivity contribution in [3.63, 3.8) is 0 Å². The van der Waals surface area contributed by atoms with Crippen LogP contribution in [0.3, 0.4) is 0 Å². The molecule has 106 valence electrons. The van der Waals surface area contributed by atoms with Crippen LogP contribution in [-0.4, -0.2) is 19.4 Å². The van der Waals surface area contributed by atoms with Gasteiger partial charge in [0.05, 0.1) is 7.11 Å². The number of ketones is 1. The first kappa shape index (κ1) is 15.6. The number of rotatable bonds is 8. The van der Waals surface area contributed by atoms with Gasteiger partial charge in [-0.2, -0.15) is 0 Å². The first-order valence-corrected chi connectivity index (χ1v) is 6.61. The number of carbonyl (C=O) groups excluding carboxylic acids is 1. The summed E-state index contributed by atoms with van der Waals surface area (Å²) < 4.78 is 18.8. The molecule has 0 aliphatic heterocycles. The summed E-state index contributed by atoms with van der Waals surface area (Å²) in [4.78, 5) is 11.8. The number of ether oxygens (including phenoxy) is 1. The zero-order valence-corrected chi connectivity index (χ0v) is 11.6. The minimum atomic E-state index is -0.437. The Bertz CT molecular complexity index is 421. The summed E-state index contributed by atoms with van der Waals surface area (Å²) in [6, 6.07) is 4.87. The Morgan fingerprint density at radius 3 is 2.79 bits per heavy atom. The molecule has 1 aromatic carbocycles. The monoisotopic (exact) mass is 267 g/mol. The number of carbonyl (C=O) groups is 1. The smallest absolute Gasteiger partial charge is 0.168 e. The molecular formula is C15H22FNO2. The Labute approximate surface area is 113 Å². The van der Waals surface area contributed by atoms with E-state index in [1.54, 1.807) is 18.2 Å². The Kier molecular flexibility index (Phi) is 6.50. The van der Waals surface area contributed by atoms with E-state index in [9.17, 15) is 9.18 Å². The molecule has 0 saturated carbocycles. The first-order valence-electron chi connectivity index (χ1n) is 6.61. The van der Waals surface area contributed by atoms with E-state index in [1.165, 1.54) is 7.11 Å². The largest absolute Gasteiger partial charge is 0.494 e. The number of halogens is 1. The predicted molar refractivity (Wildman–Crippen MR) is 73.7 cm³/mol. The number of methoxy groups -OCH3 is 1. The molecule has 0 aromatic heterocycles. The highest BCUT2D eigenvalue weighted by Crippen LogP contribution is 2.21. The average Bonchev–Trinajstić information content (AvgIpc) is 2.39. The van der Waals surface area contributed by atoms with E-state index in [0.717, 1.165) is 12.8 Å². The molecule has 0 radical (unpaired) electrons. The summed E-state index contributed by atoms with van der Waals surface area (Å²) in [6.07, 6.45) is 2.32. The lowest BCUT2D eigenvalue weighted by molar-refractivity contribution is -0.118. The fourth-order valence-corrected chi connectivity index (χ4v) is 1.99. The standard InChI is InChI=1S/C15H22FNO2/c1-11(8-9-17)6-7-13(18)10-12-4-3-5-14(19-2)15(12)16/h3-5,11H,6-10,17H2,1-2H3. The van der Waals surface area contributed by atoms with Crippen molar-refractivity contribution in [3.8, 4) is 5.75 Å². The molecule has 0 saturated heterocycles. The molecule has 0 amide bonds. The lowest BCUT2D eigenvalue weighted by atomic mass is 9.97. The molecule has 0 spiro atoms. The Morgan fingerprint density at radius 1 is 1.42 bits per heavy atom. The minimum Gasteiger partial charge on any atom is -0.494 e. The summed E-state index contributed by atoms with van der Waals surface area (Å²) in [6.45, 7) is 2.71. The molecule has 1 unspecified atom stereocenters. The van der Waals surface area contributed by atoms with E-state index < -0.39 is 5.82 Å². The Balaban J connectivity index is 2.53. The second-order valence-electron chi connectivity index (χ2n) is 4.87. The maximum absolute atomic E-state index is 13.9. The van der Waals surface area contributed by atoms with Crippen LogP contribution in [0.15, 0.2) is 18.2 Å². The van der Waals surface area contributed by atoms with Crippen LogP contribution in [0.2, 0.25) is 0 Å². The van der Waals surface area contributed by atoms with Crippen molar-refractivity contribution in [2.45, 2.75) is 32.6 Å². The molecule has 4 heteroatoms. The fourth-order valence-electron chi connectivity index (χ4n) is 1.99. The van der Waals surface area contributed by atoms with E-state index in [2.05, 4.69) is 6.92 Å². The summed E-state index contributed by atoms with van der Waals surface area (Å²) in [5.41, 5.74) is 5.86. The average molecular weight is 267 g/mol. The van der Waals surface area contributed by atoms with Gasteiger partial charge in [0.1, 0.15) is 5.78 Å². The van der Waals surface area contributed by atoms with Crippen LogP contribution in [0, 0.1) is 11.7 Å². The zero-order valence-electron chi connectivity index (χ0n) is 11.6. The maximum Gasteiger partial charge on any atom is 0.168 e. The second-order valence-corrected chi connectivity index (χ2v) is 4.87. The van der Waals surface area contributed by atoms with Gasteiger partial charge in [0.25, 0.3) is 0 Å². The number of benzene rings is 1. The van der Waals surface area contributed by atoms with E-state index in [1.807, 2.05) is 0 Å². The summed E-state index contributed by atoms with van der Waals surface area (Å²) in [7, 11) is 1.42. The normalized spacial score (nSPS) is 12.2. The number of hydrogen-bond acceptors (Lipinski definition) is 3. The quantitative estimate of drug-likeness (QED) is 0.788. The highest BCUT2D eigenvalue weighted by molar-refractivity contribution is 5.81. The van der Waals surface area contributed by atoms with Crippen LogP contribution in [-0.2, 0) is 11.2 Å². The Hall–Kier alpha value is -1.42. The molecule has 19 heavy (non-hydrogen) atoms. The number of Topliss-reactive ketones (excluding diaryl/α,β-unsaturated/α-hetero) is 1. The van der Waals surface area contributed by atoms with Crippen LogP contribution in [0.4, 0.5) is 4.39 Å². The van der Waals surface area contributed by atoms with Crippen molar-refractivity contribution in [2.75, 3.05) is 13.7 Å². The van der Waals surface area contributed by atoms with Gasteiger partial charge in [-0.05, 0) is 36.9 Å². The third kappa shape index (κ3) is 4.99. The molecule has 0 heterocycles. The van der Waals surface area contributed by atoms with Crippen LogP contribution in [0.5, 0.6) is 5.75 Å². The molecule has 1 atom stereocenters. The topological polar surface area (TPSA) is 52.3 Å². The van der Waals surface area contributed by atoms with Crippen molar-refractivity contribution < 1.29 is 13.9 Å². The minimum absolute atomic E-state index is 0.0519. The maximum atomic E-state index is 13.9. The van der Waals surface area contributed by atoms with E-state index >= 15 is 0 Å². The molecule has 0 bridgehead atoms. The van der Waals surface area contributed by atoms with Gasteiger partial charge in [-0.25, -0.2) is 4.39 Å². The summed E-state index contributed by atoms with van der Waals surface area (Å²) in [5.74, 6) is 0.232. The van der Waals surface area contributed by atoms with E-state index in [4.69, 9.17) is 10.5 Å². The lowest BCUT2D eigenvalue weighted by Gasteiger charge is -2.10. The van der Waals surface area contributed by atoms with Gasteiger partial charge in [-0.15, -0.1) is 0 Å². The number of nitrogens with two attached hydrogens (primary N) is 1. The predicted octanol–water partition coefficient (Wildman–Crippen LogP) is 2.71. The van der Waals surface area contributed by atoms with Crippen molar-refractivity contribution >= 4 is 5.78 Å². The van der Waals surface area contributed by atoms with Gasteiger partial charge in [0, 0.05) is 12.8 Å².